The highest BCUT2D eigenvalue weighted by Crippen LogP contribution is 2.21. The summed E-state index contributed by atoms with van der Waals surface area (Å²) in [7, 11) is 0. The first-order valence-corrected chi connectivity index (χ1v) is 9.53. The van der Waals surface area contributed by atoms with Crippen molar-refractivity contribution in [3.8, 4) is 0 Å². The van der Waals surface area contributed by atoms with E-state index in [1.165, 1.54) is 25.3 Å². The molecule has 0 aliphatic carbocycles. The number of hydrogen-bond donors (Lipinski definition) is 3. The zero-order valence-corrected chi connectivity index (χ0v) is 16.0. The maximum Gasteiger partial charge on any atom is 0.337 e. The van der Waals surface area contributed by atoms with Gasteiger partial charge in [-0.1, -0.05) is 57.4 Å². The monoisotopic (exact) mass is 368 g/mol. The van der Waals surface area contributed by atoms with Gasteiger partial charge < -0.3 is 15.7 Å². The van der Waals surface area contributed by atoms with Gasteiger partial charge in [0.2, 0.25) is 0 Å². The molecule has 27 heavy (non-hydrogen) atoms. The lowest BCUT2D eigenvalue weighted by molar-refractivity contribution is 0.0698. The van der Waals surface area contributed by atoms with E-state index in [1.807, 2.05) is 12.1 Å². The maximum atomic E-state index is 12.8. The van der Waals surface area contributed by atoms with E-state index in [9.17, 15) is 14.7 Å². The molecule has 0 bridgehead atoms. The Morgan fingerprint density at radius 1 is 0.963 bits per heavy atom. The lowest BCUT2D eigenvalue weighted by Gasteiger charge is -2.18. The Labute approximate surface area is 160 Å². The summed E-state index contributed by atoms with van der Waals surface area (Å²) in [4.78, 5) is 24.1. The molecular weight excluding hydrogens is 340 g/mol. The van der Waals surface area contributed by atoms with Gasteiger partial charge in [-0.3, -0.25) is 4.79 Å². The molecule has 0 aromatic heterocycles. The smallest absolute Gasteiger partial charge is 0.337 e. The van der Waals surface area contributed by atoms with E-state index in [2.05, 4.69) is 24.5 Å². The molecule has 0 aliphatic rings. The van der Waals surface area contributed by atoms with Crippen molar-refractivity contribution in [1.82, 2.24) is 0 Å². The third-order valence-electron chi connectivity index (χ3n) is 4.70. The molecule has 1 amide bonds. The van der Waals surface area contributed by atoms with Gasteiger partial charge in [0.25, 0.3) is 5.91 Å². The Morgan fingerprint density at radius 3 is 2.22 bits per heavy atom. The fourth-order valence-corrected chi connectivity index (χ4v) is 3.00. The zero-order chi connectivity index (χ0) is 19.6. The first kappa shape index (κ1) is 20.5. The minimum atomic E-state index is -1.07. The predicted molar refractivity (Wildman–Crippen MR) is 110 cm³/mol. The number of carboxylic acid groups (broad SMARTS) is 1. The summed E-state index contributed by atoms with van der Waals surface area (Å²) in [6.45, 7) is 5.19. The zero-order valence-electron chi connectivity index (χ0n) is 16.0. The van der Waals surface area contributed by atoms with Gasteiger partial charge in [-0.25, -0.2) is 4.79 Å². The Hall–Kier alpha value is -2.82. The van der Waals surface area contributed by atoms with Gasteiger partial charge in [0, 0.05) is 12.2 Å². The maximum absolute atomic E-state index is 12.8. The van der Waals surface area contributed by atoms with Crippen molar-refractivity contribution in [1.29, 1.82) is 0 Å². The van der Waals surface area contributed by atoms with Crippen molar-refractivity contribution in [2.75, 3.05) is 17.2 Å². The molecule has 3 N–H and O–H groups in total. The molecule has 0 spiro atoms. The second-order valence-corrected chi connectivity index (χ2v) is 6.65. The van der Waals surface area contributed by atoms with Crippen LogP contribution in [0.4, 0.5) is 11.4 Å². The second-order valence-electron chi connectivity index (χ2n) is 6.65. The van der Waals surface area contributed by atoms with Crippen LogP contribution < -0.4 is 10.6 Å². The Bertz CT molecular complexity index is 774. The van der Waals surface area contributed by atoms with Gasteiger partial charge in [-0.2, -0.15) is 0 Å². The molecule has 5 heteroatoms. The number of rotatable bonds is 10. The summed E-state index contributed by atoms with van der Waals surface area (Å²) in [5, 5.41) is 15.4. The fraction of sp³-hybridized carbons (Fsp3) is 0.364. The lowest BCUT2D eigenvalue weighted by atomic mass is 9.99. The Balaban J connectivity index is 2.13. The van der Waals surface area contributed by atoms with E-state index in [1.54, 1.807) is 30.3 Å². The number of carboxylic acids is 1. The topological polar surface area (TPSA) is 78.4 Å². The normalized spacial score (nSPS) is 11.6. The number of amides is 1. The van der Waals surface area contributed by atoms with Crippen molar-refractivity contribution < 1.29 is 14.7 Å². The third kappa shape index (κ3) is 5.84. The van der Waals surface area contributed by atoms with Gasteiger partial charge in [0.05, 0.1) is 16.8 Å². The number of aromatic carboxylic acids is 1. The Morgan fingerprint density at radius 2 is 1.59 bits per heavy atom. The molecule has 0 radical (unpaired) electrons. The van der Waals surface area contributed by atoms with Crippen LogP contribution in [0.15, 0.2) is 48.5 Å². The number of carbonyl (C=O) groups excluding carboxylic acids is 1. The summed E-state index contributed by atoms with van der Waals surface area (Å²) in [6, 6.07) is 13.7. The van der Waals surface area contributed by atoms with Crippen molar-refractivity contribution in [2.45, 2.75) is 39.5 Å². The van der Waals surface area contributed by atoms with E-state index in [0.29, 0.717) is 17.2 Å². The van der Waals surface area contributed by atoms with Crippen molar-refractivity contribution in [2.24, 2.45) is 5.92 Å². The molecule has 0 fully saturated rings. The molecule has 0 aliphatic heterocycles. The molecule has 2 aromatic carbocycles. The highest BCUT2D eigenvalue weighted by molar-refractivity contribution is 6.10. The van der Waals surface area contributed by atoms with Gasteiger partial charge >= 0.3 is 5.97 Å². The van der Waals surface area contributed by atoms with Crippen molar-refractivity contribution in [3.05, 3.63) is 59.7 Å². The number of anilines is 2. The van der Waals surface area contributed by atoms with E-state index in [0.717, 1.165) is 18.7 Å². The molecule has 0 saturated heterocycles. The van der Waals surface area contributed by atoms with E-state index in [-0.39, 0.29) is 11.5 Å². The van der Waals surface area contributed by atoms with Crippen LogP contribution in [-0.4, -0.2) is 23.5 Å². The molecule has 144 valence electrons. The first-order valence-electron chi connectivity index (χ1n) is 9.53. The van der Waals surface area contributed by atoms with Crippen molar-refractivity contribution in [3.63, 3.8) is 0 Å². The van der Waals surface area contributed by atoms with Crippen LogP contribution in [-0.2, 0) is 0 Å². The number of carbonyl (C=O) groups is 2. The quantitative estimate of drug-likeness (QED) is 0.534. The van der Waals surface area contributed by atoms with E-state index >= 15 is 0 Å². The molecular formula is C22H28N2O3. The first-order chi connectivity index (χ1) is 13.1. The van der Waals surface area contributed by atoms with Gasteiger partial charge in [-0.15, -0.1) is 0 Å². The summed E-state index contributed by atoms with van der Waals surface area (Å²) < 4.78 is 0. The summed E-state index contributed by atoms with van der Waals surface area (Å²) in [5.74, 6) is -0.832. The number of nitrogens with one attached hydrogen (secondary N) is 2. The van der Waals surface area contributed by atoms with Crippen LogP contribution in [0.2, 0.25) is 0 Å². The number of unbranched alkanes of at least 4 members (excludes halogenated alkanes) is 1. The van der Waals surface area contributed by atoms with Crippen LogP contribution in [0.1, 0.15) is 60.2 Å². The highest BCUT2D eigenvalue weighted by Gasteiger charge is 2.16. The second kappa shape index (κ2) is 10.4. The Kier molecular flexibility index (Phi) is 7.86. The number of benzene rings is 2. The van der Waals surface area contributed by atoms with Gasteiger partial charge in [0.1, 0.15) is 0 Å². The lowest BCUT2D eigenvalue weighted by Crippen LogP contribution is -2.19. The molecule has 0 heterocycles. The van der Waals surface area contributed by atoms with Crippen molar-refractivity contribution >= 4 is 23.3 Å². The molecule has 2 rings (SSSR count). The van der Waals surface area contributed by atoms with E-state index < -0.39 is 5.97 Å². The summed E-state index contributed by atoms with van der Waals surface area (Å²) in [5.41, 5.74) is 1.63. The SMILES string of the molecule is CCCCC(CC)CNc1ccccc1C(=O)Nc1ccccc1C(=O)O. The van der Waals surface area contributed by atoms with Crippen LogP contribution in [0, 0.1) is 5.92 Å². The number of hydrogen-bond acceptors (Lipinski definition) is 3. The van der Waals surface area contributed by atoms with Crippen LogP contribution in [0.5, 0.6) is 0 Å². The summed E-state index contributed by atoms with van der Waals surface area (Å²) >= 11 is 0. The van der Waals surface area contributed by atoms with Gasteiger partial charge in [-0.05, 0) is 36.6 Å². The average Bonchev–Trinajstić information content (AvgIpc) is 2.68. The standard InChI is InChI=1S/C22H28N2O3/c1-3-5-10-16(4-2)15-23-19-13-8-6-11-17(19)21(25)24-20-14-9-7-12-18(20)22(26)27/h6-9,11-14,16,23H,3-5,10,15H2,1-2H3,(H,24,25)(H,26,27). The fourth-order valence-electron chi connectivity index (χ4n) is 3.00. The van der Waals surface area contributed by atoms with Crippen LogP contribution >= 0.6 is 0 Å². The third-order valence-corrected chi connectivity index (χ3v) is 4.70. The minimum absolute atomic E-state index is 0.0712. The predicted octanol–water partition coefficient (Wildman–Crippen LogP) is 5.27. The largest absolute Gasteiger partial charge is 0.478 e. The van der Waals surface area contributed by atoms with Crippen LogP contribution in [0.25, 0.3) is 0 Å². The van der Waals surface area contributed by atoms with E-state index in [4.69, 9.17) is 0 Å². The highest BCUT2D eigenvalue weighted by atomic mass is 16.4. The molecule has 2 aromatic rings. The number of para-hydroxylation sites is 2. The molecule has 5 nitrogen and oxygen atoms in total. The molecule has 0 saturated carbocycles. The summed E-state index contributed by atoms with van der Waals surface area (Å²) in [6.07, 6.45) is 4.64. The van der Waals surface area contributed by atoms with Gasteiger partial charge in [0.15, 0.2) is 0 Å². The minimum Gasteiger partial charge on any atom is -0.478 e. The molecule has 1 atom stereocenters. The average molecular weight is 368 g/mol. The van der Waals surface area contributed by atoms with Crippen LogP contribution in [0.3, 0.4) is 0 Å². The molecule has 1 unspecified atom stereocenters.